The average molecular weight is 312 g/mol. The fourth-order valence-electron chi connectivity index (χ4n) is 2.40. The van der Waals surface area contributed by atoms with Crippen molar-refractivity contribution in [2.75, 3.05) is 19.7 Å². The van der Waals surface area contributed by atoms with Crippen LogP contribution in [0.15, 0.2) is 11.4 Å². The maximum Gasteiger partial charge on any atom is 0.409 e. The molecule has 1 aliphatic heterocycles. The van der Waals surface area contributed by atoms with Gasteiger partial charge < -0.3 is 20.1 Å². The highest BCUT2D eigenvalue weighted by Gasteiger charge is 2.23. The van der Waals surface area contributed by atoms with Gasteiger partial charge in [-0.05, 0) is 36.8 Å². The Hall–Kier alpha value is -1.60. The summed E-state index contributed by atoms with van der Waals surface area (Å²) in [6, 6.07) is 2.15. The molecule has 0 aliphatic carbocycles. The van der Waals surface area contributed by atoms with Crippen molar-refractivity contribution in [1.82, 2.24) is 10.2 Å². The molecule has 7 heteroatoms. The number of likely N-dealkylation sites (tertiary alicyclic amines) is 1. The highest BCUT2D eigenvalue weighted by molar-refractivity contribution is 7.12. The number of rotatable bonds is 5. The number of hydrogen-bond donors (Lipinski definition) is 2. The molecule has 21 heavy (non-hydrogen) atoms. The largest absolute Gasteiger partial charge is 0.477 e. The molecule has 1 saturated heterocycles. The first kappa shape index (κ1) is 15.8. The van der Waals surface area contributed by atoms with E-state index in [1.165, 1.54) is 11.3 Å². The minimum absolute atomic E-state index is 0.248. The van der Waals surface area contributed by atoms with Crippen molar-refractivity contribution in [1.29, 1.82) is 0 Å². The molecule has 0 aromatic carbocycles. The summed E-state index contributed by atoms with van der Waals surface area (Å²) in [6.45, 7) is 4.09. The molecule has 116 valence electrons. The van der Waals surface area contributed by atoms with E-state index in [0.29, 0.717) is 37.2 Å². The summed E-state index contributed by atoms with van der Waals surface area (Å²) < 4.78 is 4.98. The van der Waals surface area contributed by atoms with Crippen molar-refractivity contribution in [2.45, 2.75) is 32.4 Å². The van der Waals surface area contributed by atoms with E-state index in [0.717, 1.165) is 18.4 Å². The van der Waals surface area contributed by atoms with E-state index in [9.17, 15) is 9.59 Å². The molecule has 0 bridgehead atoms. The van der Waals surface area contributed by atoms with Crippen molar-refractivity contribution >= 4 is 23.4 Å². The molecule has 1 aromatic heterocycles. The Morgan fingerprint density at radius 1 is 1.48 bits per heavy atom. The normalized spacial score (nSPS) is 16.0. The monoisotopic (exact) mass is 312 g/mol. The number of piperidine rings is 1. The molecular weight excluding hydrogens is 292 g/mol. The van der Waals surface area contributed by atoms with Crippen LogP contribution in [-0.4, -0.2) is 47.8 Å². The number of amides is 1. The highest BCUT2D eigenvalue weighted by Crippen LogP contribution is 2.18. The van der Waals surface area contributed by atoms with Crippen LogP contribution in [0, 0.1) is 0 Å². The number of nitrogens with one attached hydrogen (secondary N) is 1. The number of carboxylic acids is 1. The quantitative estimate of drug-likeness (QED) is 0.871. The standard InChI is InChI=1S/C14H20N2O4S/c1-2-20-14(19)16-6-3-11(4-7-16)15-9-10-5-8-21-12(10)13(17)18/h5,8,11,15H,2-4,6-7,9H2,1H3,(H,17,18). The molecule has 0 saturated carbocycles. The minimum Gasteiger partial charge on any atom is -0.477 e. The van der Waals surface area contributed by atoms with E-state index in [1.54, 1.807) is 17.2 Å². The Bertz CT molecular complexity index is 495. The molecular formula is C14H20N2O4S. The van der Waals surface area contributed by atoms with E-state index in [-0.39, 0.29) is 6.09 Å². The Morgan fingerprint density at radius 2 is 2.19 bits per heavy atom. The van der Waals surface area contributed by atoms with Crippen molar-refractivity contribution in [2.24, 2.45) is 0 Å². The van der Waals surface area contributed by atoms with Gasteiger partial charge in [-0.2, -0.15) is 0 Å². The van der Waals surface area contributed by atoms with E-state index >= 15 is 0 Å². The lowest BCUT2D eigenvalue weighted by Gasteiger charge is -2.31. The molecule has 2 heterocycles. The minimum atomic E-state index is -0.876. The summed E-state index contributed by atoms with van der Waals surface area (Å²) in [5, 5.41) is 14.2. The zero-order chi connectivity index (χ0) is 15.2. The smallest absolute Gasteiger partial charge is 0.409 e. The zero-order valence-electron chi connectivity index (χ0n) is 12.0. The lowest BCUT2D eigenvalue weighted by molar-refractivity contribution is 0.0700. The predicted molar refractivity (Wildman–Crippen MR) is 79.7 cm³/mol. The summed E-state index contributed by atoms with van der Waals surface area (Å²) in [5.74, 6) is -0.876. The highest BCUT2D eigenvalue weighted by atomic mass is 32.1. The first-order valence-corrected chi connectivity index (χ1v) is 7.94. The Morgan fingerprint density at radius 3 is 2.81 bits per heavy atom. The van der Waals surface area contributed by atoms with Crippen LogP contribution in [0.3, 0.4) is 0 Å². The fraction of sp³-hybridized carbons (Fsp3) is 0.571. The van der Waals surface area contributed by atoms with Crippen LogP contribution >= 0.6 is 11.3 Å². The Balaban J connectivity index is 1.77. The van der Waals surface area contributed by atoms with Crippen molar-refractivity contribution in [3.63, 3.8) is 0 Å². The maximum atomic E-state index is 11.6. The Kier molecular flexibility index (Phi) is 5.58. The van der Waals surface area contributed by atoms with Crippen molar-refractivity contribution in [3.8, 4) is 0 Å². The first-order valence-electron chi connectivity index (χ1n) is 7.06. The van der Waals surface area contributed by atoms with Crippen LogP contribution < -0.4 is 5.32 Å². The van der Waals surface area contributed by atoms with E-state index < -0.39 is 5.97 Å². The number of aromatic carboxylic acids is 1. The van der Waals surface area contributed by atoms with Crippen LogP contribution in [0.5, 0.6) is 0 Å². The van der Waals surface area contributed by atoms with Gasteiger partial charge in [0.15, 0.2) is 0 Å². The summed E-state index contributed by atoms with van der Waals surface area (Å²) >= 11 is 1.25. The number of ether oxygens (including phenoxy) is 1. The zero-order valence-corrected chi connectivity index (χ0v) is 12.8. The molecule has 0 unspecified atom stereocenters. The van der Waals surface area contributed by atoms with Crippen LogP contribution in [0.1, 0.15) is 35.0 Å². The fourth-order valence-corrected chi connectivity index (χ4v) is 3.16. The van der Waals surface area contributed by atoms with E-state index in [2.05, 4.69) is 5.32 Å². The third-order valence-corrected chi connectivity index (χ3v) is 4.49. The molecule has 2 N–H and O–H groups in total. The first-order chi connectivity index (χ1) is 10.1. The maximum absolute atomic E-state index is 11.6. The summed E-state index contributed by atoms with van der Waals surface area (Å²) in [5.41, 5.74) is 0.820. The molecule has 2 rings (SSSR count). The van der Waals surface area contributed by atoms with Gasteiger partial charge in [-0.15, -0.1) is 11.3 Å². The van der Waals surface area contributed by atoms with Crippen LogP contribution in [-0.2, 0) is 11.3 Å². The molecule has 1 amide bonds. The van der Waals surface area contributed by atoms with Crippen molar-refractivity contribution < 1.29 is 19.4 Å². The van der Waals surface area contributed by atoms with Crippen molar-refractivity contribution in [3.05, 3.63) is 21.9 Å². The molecule has 1 aromatic rings. The molecule has 1 aliphatic rings. The molecule has 0 spiro atoms. The van der Waals surface area contributed by atoms with Crippen LogP contribution in [0.2, 0.25) is 0 Å². The van der Waals surface area contributed by atoms with Crippen LogP contribution in [0.25, 0.3) is 0 Å². The number of carbonyl (C=O) groups is 2. The molecule has 1 fully saturated rings. The predicted octanol–water partition coefficient (Wildman–Crippen LogP) is 2.16. The number of hydrogen-bond acceptors (Lipinski definition) is 5. The number of carboxylic acid groups (broad SMARTS) is 1. The van der Waals surface area contributed by atoms with Gasteiger partial charge in [0.05, 0.1) is 6.61 Å². The van der Waals surface area contributed by atoms with Gasteiger partial charge in [0.2, 0.25) is 0 Å². The van der Waals surface area contributed by atoms with Gasteiger partial charge in [-0.1, -0.05) is 0 Å². The second-order valence-corrected chi connectivity index (χ2v) is 5.84. The van der Waals surface area contributed by atoms with Gasteiger partial charge in [0.1, 0.15) is 4.88 Å². The summed E-state index contributed by atoms with van der Waals surface area (Å²) in [7, 11) is 0. The number of carbonyl (C=O) groups excluding carboxylic acids is 1. The van der Waals surface area contributed by atoms with Gasteiger partial charge in [-0.3, -0.25) is 0 Å². The van der Waals surface area contributed by atoms with Crippen LogP contribution in [0.4, 0.5) is 4.79 Å². The molecule has 0 radical (unpaired) electrons. The molecule has 6 nitrogen and oxygen atoms in total. The van der Waals surface area contributed by atoms with Gasteiger partial charge >= 0.3 is 12.1 Å². The SMILES string of the molecule is CCOC(=O)N1CCC(NCc2ccsc2C(=O)O)CC1. The third kappa shape index (κ3) is 4.18. The topological polar surface area (TPSA) is 78.9 Å². The van der Waals surface area contributed by atoms with Gasteiger partial charge in [0.25, 0.3) is 0 Å². The number of thiophene rings is 1. The second-order valence-electron chi connectivity index (χ2n) is 4.92. The summed E-state index contributed by atoms with van der Waals surface area (Å²) in [6.07, 6.45) is 1.46. The lowest BCUT2D eigenvalue weighted by Crippen LogP contribution is -2.44. The Labute approximate surface area is 127 Å². The third-order valence-electron chi connectivity index (χ3n) is 3.54. The van der Waals surface area contributed by atoms with Gasteiger partial charge in [-0.25, -0.2) is 9.59 Å². The lowest BCUT2D eigenvalue weighted by atomic mass is 10.1. The van der Waals surface area contributed by atoms with E-state index in [1.807, 2.05) is 6.07 Å². The second kappa shape index (κ2) is 7.42. The number of nitrogens with zero attached hydrogens (tertiary/aromatic N) is 1. The summed E-state index contributed by atoms with van der Waals surface area (Å²) in [4.78, 5) is 24.7. The van der Waals surface area contributed by atoms with E-state index in [4.69, 9.17) is 9.84 Å². The van der Waals surface area contributed by atoms with Gasteiger partial charge in [0, 0.05) is 25.7 Å². The average Bonchev–Trinajstić information content (AvgIpc) is 2.94. The molecule has 0 atom stereocenters.